The lowest BCUT2D eigenvalue weighted by atomic mass is 10.0. The summed E-state index contributed by atoms with van der Waals surface area (Å²) in [5, 5.41) is 3.88. The highest BCUT2D eigenvalue weighted by molar-refractivity contribution is 6.32. The summed E-state index contributed by atoms with van der Waals surface area (Å²) in [6, 6.07) is 16.0. The Balaban J connectivity index is 1.77. The number of anilines is 1. The zero-order chi connectivity index (χ0) is 14.5. The van der Waals surface area contributed by atoms with Crippen LogP contribution in [0.2, 0.25) is 5.02 Å². The first kappa shape index (κ1) is 13.6. The van der Waals surface area contributed by atoms with Crippen LogP contribution in [0.25, 0.3) is 11.1 Å². The minimum absolute atomic E-state index is 0.628. The molecule has 3 rings (SSSR count). The molecular formula is C17H14ClN3. The summed E-state index contributed by atoms with van der Waals surface area (Å²) < 4.78 is 0. The lowest BCUT2D eigenvalue weighted by Crippen LogP contribution is -2.01. The maximum absolute atomic E-state index is 6.09. The summed E-state index contributed by atoms with van der Waals surface area (Å²) >= 11 is 6.09. The number of rotatable bonds is 4. The Morgan fingerprint density at radius 2 is 1.76 bits per heavy atom. The Labute approximate surface area is 128 Å². The predicted molar refractivity (Wildman–Crippen MR) is 86.2 cm³/mol. The summed E-state index contributed by atoms with van der Waals surface area (Å²) in [7, 11) is 0. The standard InChI is InChI=1S/C17H14ClN3/c18-16-5-2-8-20-17(16)21-12-13-3-1-4-15(11-13)14-6-9-19-10-7-14/h1-11H,12H2,(H,20,21). The molecule has 4 heteroatoms. The van der Waals surface area contributed by atoms with Gasteiger partial charge in [0.1, 0.15) is 5.82 Å². The van der Waals surface area contributed by atoms with Gasteiger partial charge < -0.3 is 5.32 Å². The number of hydrogen-bond donors (Lipinski definition) is 1. The third-order valence-corrected chi connectivity index (χ3v) is 3.46. The molecule has 0 saturated heterocycles. The molecule has 0 aliphatic heterocycles. The van der Waals surface area contributed by atoms with Gasteiger partial charge >= 0.3 is 0 Å². The summed E-state index contributed by atoms with van der Waals surface area (Å²) in [5.74, 6) is 0.702. The highest BCUT2D eigenvalue weighted by Gasteiger charge is 2.02. The Morgan fingerprint density at radius 1 is 0.905 bits per heavy atom. The Kier molecular flexibility index (Phi) is 4.12. The molecule has 2 aromatic heterocycles. The number of halogens is 1. The topological polar surface area (TPSA) is 37.8 Å². The molecule has 0 bridgehead atoms. The average Bonchev–Trinajstić information content (AvgIpc) is 2.55. The summed E-state index contributed by atoms with van der Waals surface area (Å²) in [5.41, 5.74) is 3.50. The largest absolute Gasteiger partial charge is 0.365 e. The normalized spacial score (nSPS) is 10.3. The second kappa shape index (κ2) is 6.37. The zero-order valence-electron chi connectivity index (χ0n) is 11.3. The van der Waals surface area contributed by atoms with Crippen molar-refractivity contribution in [2.75, 3.05) is 5.32 Å². The van der Waals surface area contributed by atoms with Crippen LogP contribution in [0, 0.1) is 0 Å². The Morgan fingerprint density at radius 3 is 2.57 bits per heavy atom. The molecule has 0 atom stereocenters. The summed E-state index contributed by atoms with van der Waals surface area (Å²) in [6.07, 6.45) is 5.32. The van der Waals surface area contributed by atoms with Crippen LogP contribution in [0.5, 0.6) is 0 Å². The minimum atomic E-state index is 0.628. The molecule has 2 heterocycles. The van der Waals surface area contributed by atoms with E-state index in [4.69, 9.17) is 11.6 Å². The van der Waals surface area contributed by atoms with Gasteiger partial charge in [-0.1, -0.05) is 29.8 Å². The highest BCUT2D eigenvalue weighted by atomic mass is 35.5. The van der Waals surface area contributed by atoms with Crippen molar-refractivity contribution in [1.82, 2.24) is 9.97 Å². The van der Waals surface area contributed by atoms with Gasteiger partial charge in [0.05, 0.1) is 5.02 Å². The van der Waals surface area contributed by atoms with Crippen LogP contribution in [0.1, 0.15) is 5.56 Å². The van der Waals surface area contributed by atoms with Crippen LogP contribution in [0.3, 0.4) is 0 Å². The summed E-state index contributed by atoms with van der Waals surface area (Å²) in [6.45, 7) is 0.676. The van der Waals surface area contributed by atoms with E-state index in [1.165, 1.54) is 11.1 Å². The van der Waals surface area contributed by atoms with E-state index < -0.39 is 0 Å². The van der Waals surface area contributed by atoms with Gasteiger partial charge in [0.25, 0.3) is 0 Å². The van der Waals surface area contributed by atoms with Crippen molar-refractivity contribution in [2.24, 2.45) is 0 Å². The molecule has 21 heavy (non-hydrogen) atoms. The number of nitrogens with one attached hydrogen (secondary N) is 1. The smallest absolute Gasteiger partial charge is 0.145 e. The van der Waals surface area contributed by atoms with Crippen molar-refractivity contribution in [3.05, 3.63) is 77.7 Å². The van der Waals surface area contributed by atoms with Crippen LogP contribution < -0.4 is 5.32 Å². The van der Waals surface area contributed by atoms with Crippen LogP contribution in [-0.4, -0.2) is 9.97 Å². The van der Waals surface area contributed by atoms with Crippen LogP contribution in [0.4, 0.5) is 5.82 Å². The first-order chi connectivity index (χ1) is 10.3. The number of pyridine rings is 2. The van der Waals surface area contributed by atoms with Crippen molar-refractivity contribution in [2.45, 2.75) is 6.54 Å². The third kappa shape index (κ3) is 3.38. The SMILES string of the molecule is Clc1cccnc1NCc1cccc(-c2ccncc2)c1. The van der Waals surface area contributed by atoms with Gasteiger partial charge in [-0.3, -0.25) is 4.98 Å². The zero-order valence-corrected chi connectivity index (χ0v) is 12.1. The fourth-order valence-corrected chi connectivity index (χ4v) is 2.30. The van der Waals surface area contributed by atoms with Crippen molar-refractivity contribution >= 4 is 17.4 Å². The number of benzene rings is 1. The van der Waals surface area contributed by atoms with Crippen molar-refractivity contribution in [1.29, 1.82) is 0 Å². The molecule has 0 unspecified atom stereocenters. The molecule has 0 saturated carbocycles. The molecular weight excluding hydrogens is 282 g/mol. The number of nitrogens with zero attached hydrogens (tertiary/aromatic N) is 2. The fraction of sp³-hybridized carbons (Fsp3) is 0.0588. The lowest BCUT2D eigenvalue weighted by Gasteiger charge is -2.09. The van der Waals surface area contributed by atoms with Gasteiger partial charge in [0.15, 0.2) is 0 Å². The van der Waals surface area contributed by atoms with E-state index in [1.54, 1.807) is 18.6 Å². The molecule has 0 spiro atoms. The fourth-order valence-electron chi connectivity index (χ4n) is 2.11. The van der Waals surface area contributed by atoms with E-state index in [9.17, 15) is 0 Å². The van der Waals surface area contributed by atoms with Gasteiger partial charge in [0.2, 0.25) is 0 Å². The molecule has 0 amide bonds. The van der Waals surface area contributed by atoms with Crippen LogP contribution in [-0.2, 0) is 6.54 Å². The molecule has 104 valence electrons. The van der Waals surface area contributed by atoms with Crippen LogP contribution >= 0.6 is 11.6 Å². The monoisotopic (exact) mass is 295 g/mol. The van der Waals surface area contributed by atoms with E-state index in [-0.39, 0.29) is 0 Å². The van der Waals surface area contributed by atoms with Gasteiger partial charge in [0, 0.05) is 25.1 Å². The van der Waals surface area contributed by atoms with Gasteiger partial charge in [-0.15, -0.1) is 0 Å². The minimum Gasteiger partial charge on any atom is -0.365 e. The quantitative estimate of drug-likeness (QED) is 0.775. The molecule has 0 fully saturated rings. The van der Waals surface area contributed by atoms with Gasteiger partial charge in [-0.2, -0.15) is 0 Å². The first-order valence-corrected chi connectivity index (χ1v) is 7.04. The molecule has 0 aliphatic rings. The van der Waals surface area contributed by atoms with E-state index in [1.807, 2.05) is 30.3 Å². The number of aromatic nitrogens is 2. The van der Waals surface area contributed by atoms with E-state index in [0.717, 1.165) is 5.56 Å². The van der Waals surface area contributed by atoms with Gasteiger partial charge in [-0.05, 0) is 47.0 Å². The highest BCUT2D eigenvalue weighted by Crippen LogP contribution is 2.21. The maximum Gasteiger partial charge on any atom is 0.145 e. The molecule has 3 aromatic rings. The van der Waals surface area contributed by atoms with Crippen molar-refractivity contribution < 1.29 is 0 Å². The third-order valence-electron chi connectivity index (χ3n) is 3.16. The number of hydrogen-bond acceptors (Lipinski definition) is 3. The first-order valence-electron chi connectivity index (χ1n) is 6.67. The van der Waals surface area contributed by atoms with Crippen LogP contribution in [0.15, 0.2) is 67.1 Å². The maximum atomic E-state index is 6.09. The predicted octanol–water partition coefficient (Wildman–Crippen LogP) is 4.41. The Hall–Kier alpha value is -2.39. The van der Waals surface area contributed by atoms with E-state index >= 15 is 0 Å². The molecule has 0 radical (unpaired) electrons. The van der Waals surface area contributed by atoms with E-state index in [2.05, 4.69) is 33.5 Å². The molecule has 3 nitrogen and oxygen atoms in total. The average molecular weight is 296 g/mol. The lowest BCUT2D eigenvalue weighted by molar-refractivity contribution is 1.11. The molecule has 1 N–H and O–H groups in total. The second-order valence-corrected chi connectivity index (χ2v) is 5.03. The molecule has 0 aliphatic carbocycles. The van der Waals surface area contributed by atoms with Crippen molar-refractivity contribution in [3.63, 3.8) is 0 Å². The van der Waals surface area contributed by atoms with Gasteiger partial charge in [-0.25, -0.2) is 4.98 Å². The van der Waals surface area contributed by atoms with Crippen molar-refractivity contribution in [3.8, 4) is 11.1 Å². The summed E-state index contributed by atoms with van der Waals surface area (Å²) in [4.78, 5) is 8.27. The van der Waals surface area contributed by atoms with E-state index in [0.29, 0.717) is 17.4 Å². The Bertz CT molecular complexity index is 729. The molecule has 1 aromatic carbocycles. The second-order valence-electron chi connectivity index (χ2n) is 4.62.